The van der Waals surface area contributed by atoms with Gasteiger partial charge in [0.1, 0.15) is 12.1 Å². The molecule has 2 aromatic carbocycles. The van der Waals surface area contributed by atoms with Crippen LogP contribution >= 0.6 is 23.2 Å². The van der Waals surface area contributed by atoms with Crippen molar-refractivity contribution < 1.29 is 18.3 Å². The third-order valence-corrected chi connectivity index (χ3v) is 5.34. The van der Waals surface area contributed by atoms with Crippen LogP contribution in [-0.4, -0.2) is 36.1 Å². The Morgan fingerprint density at radius 3 is 2.68 bits per heavy atom. The second kappa shape index (κ2) is 11.2. The van der Waals surface area contributed by atoms with Crippen LogP contribution in [0.1, 0.15) is 27.5 Å². The van der Waals surface area contributed by atoms with Gasteiger partial charge in [-0.3, -0.25) is 9.69 Å². The van der Waals surface area contributed by atoms with Crippen LogP contribution in [0.4, 0.5) is 4.39 Å². The van der Waals surface area contributed by atoms with E-state index in [0.29, 0.717) is 48.7 Å². The van der Waals surface area contributed by atoms with Crippen LogP contribution in [0.3, 0.4) is 0 Å². The van der Waals surface area contributed by atoms with E-state index in [2.05, 4.69) is 10.3 Å². The number of nitrogens with one attached hydrogen (secondary N) is 1. The van der Waals surface area contributed by atoms with Crippen molar-refractivity contribution >= 4 is 29.1 Å². The number of nitrogens with zero attached hydrogens (tertiary/aromatic N) is 2. The largest absolute Gasteiger partial charge is 0.447 e. The van der Waals surface area contributed by atoms with Gasteiger partial charge in [0.2, 0.25) is 5.89 Å². The van der Waals surface area contributed by atoms with E-state index in [0.717, 1.165) is 11.1 Å². The number of methoxy groups -OCH3 is 1. The van der Waals surface area contributed by atoms with Crippen molar-refractivity contribution in [1.29, 1.82) is 0 Å². The number of carbonyl (C=O) groups excluding carboxylic acids is 1. The number of oxazole rings is 1. The molecular formula is C22H22Cl2FN3O3. The van der Waals surface area contributed by atoms with E-state index in [1.54, 1.807) is 25.3 Å². The van der Waals surface area contributed by atoms with E-state index in [4.69, 9.17) is 32.4 Å². The van der Waals surface area contributed by atoms with Crippen LogP contribution in [0.25, 0.3) is 0 Å². The van der Waals surface area contributed by atoms with Crippen molar-refractivity contribution in [2.24, 2.45) is 0 Å². The van der Waals surface area contributed by atoms with Crippen LogP contribution in [0.15, 0.2) is 53.1 Å². The predicted molar refractivity (Wildman–Crippen MR) is 117 cm³/mol. The van der Waals surface area contributed by atoms with Crippen molar-refractivity contribution in [3.8, 4) is 0 Å². The molecule has 9 heteroatoms. The molecule has 1 heterocycles. The van der Waals surface area contributed by atoms with Crippen molar-refractivity contribution in [2.75, 3.05) is 20.3 Å². The van der Waals surface area contributed by atoms with Gasteiger partial charge in [0.15, 0.2) is 5.69 Å². The molecule has 31 heavy (non-hydrogen) atoms. The molecule has 0 saturated carbocycles. The minimum absolute atomic E-state index is 0.189. The molecule has 164 valence electrons. The molecule has 0 fully saturated rings. The molecular weight excluding hydrogens is 444 g/mol. The van der Waals surface area contributed by atoms with Crippen LogP contribution < -0.4 is 5.32 Å². The van der Waals surface area contributed by atoms with Gasteiger partial charge in [-0.25, -0.2) is 9.37 Å². The minimum atomic E-state index is -0.338. The Kier molecular flexibility index (Phi) is 8.43. The third-order valence-electron chi connectivity index (χ3n) is 4.48. The minimum Gasteiger partial charge on any atom is -0.447 e. The zero-order chi connectivity index (χ0) is 22.2. The van der Waals surface area contributed by atoms with Gasteiger partial charge in [-0.2, -0.15) is 0 Å². The molecule has 1 amide bonds. The molecule has 0 unspecified atom stereocenters. The molecule has 0 aliphatic heterocycles. The van der Waals surface area contributed by atoms with Gasteiger partial charge in [-0.05, 0) is 29.3 Å². The van der Waals surface area contributed by atoms with Gasteiger partial charge < -0.3 is 14.5 Å². The highest BCUT2D eigenvalue weighted by atomic mass is 35.5. The normalized spacial score (nSPS) is 11.1. The van der Waals surface area contributed by atoms with Crippen LogP contribution in [0.2, 0.25) is 10.0 Å². The number of halogens is 3. The van der Waals surface area contributed by atoms with Crippen molar-refractivity contribution in [3.05, 3.63) is 87.3 Å². The first-order valence-corrected chi connectivity index (χ1v) is 10.3. The molecule has 6 nitrogen and oxygen atoms in total. The Balaban J connectivity index is 1.75. The third kappa shape index (κ3) is 6.77. The molecule has 0 atom stereocenters. The summed E-state index contributed by atoms with van der Waals surface area (Å²) < 4.78 is 23.7. The predicted octanol–water partition coefficient (Wildman–Crippen LogP) is 4.70. The summed E-state index contributed by atoms with van der Waals surface area (Å²) in [5.41, 5.74) is 1.93. The van der Waals surface area contributed by atoms with E-state index < -0.39 is 0 Å². The fourth-order valence-corrected chi connectivity index (χ4v) is 3.34. The number of hydrogen-bond acceptors (Lipinski definition) is 5. The number of aromatic nitrogens is 1. The summed E-state index contributed by atoms with van der Waals surface area (Å²) in [4.78, 5) is 18.4. The summed E-state index contributed by atoms with van der Waals surface area (Å²) in [5, 5.41) is 3.63. The highest BCUT2D eigenvalue weighted by Gasteiger charge is 2.17. The molecule has 0 radical (unpaired) electrons. The molecule has 1 N–H and O–H groups in total. The lowest BCUT2D eigenvalue weighted by molar-refractivity contribution is 0.0932. The Morgan fingerprint density at radius 1 is 1.16 bits per heavy atom. The smallest absolute Gasteiger partial charge is 0.273 e. The molecule has 0 spiro atoms. The van der Waals surface area contributed by atoms with Crippen molar-refractivity contribution in [2.45, 2.75) is 19.6 Å². The maximum atomic E-state index is 13.3. The first kappa shape index (κ1) is 23.2. The number of rotatable bonds is 10. The highest BCUT2D eigenvalue weighted by Crippen LogP contribution is 2.27. The number of hydrogen-bond donors (Lipinski definition) is 1. The second-order valence-electron chi connectivity index (χ2n) is 6.86. The fraction of sp³-hybridized carbons (Fsp3) is 0.273. The fourth-order valence-electron chi connectivity index (χ4n) is 2.96. The molecule has 0 aliphatic rings. The van der Waals surface area contributed by atoms with Crippen LogP contribution in [0, 0.1) is 5.82 Å². The van der Waals surface area contributed by atoms with E-state index in [9.17, 15) is 9.18 Å². The van der Waals surface area contributed by atoms with E-state index in [1.165, 1.54) is 18.4 Å². The van der Waals surface area contributed by atoms with Gasteiger partial charge in [0, 0.05) is 26.7 Å². The van der Waals surface area contributed by atoms with Gasteiger partial charge >= 0.3 is 0 Å². The lowest BCUT2D eigenvalue weighted by Gasteiger charge is -2.22. The lowest BCUT2D eigenvalue weighted by atomic mass is 10.1. The number of ether oxygens (including phenoxy) is 1. The van der Waals surface area contributed by atoms with E-state index >= 15 is 0 Å². The topological polar surface area (TPSA) is 67.6 Å². The maximum Gasteiger partial charge on any atom is 0.273 e. The lowest BCUT2D eigenvalue weighted by Crippen LogP contribution is -2.27. The van der Waals surface area contributed by atoms with E-state index in [1.807, 2.05) is 17.0 Å². The molecule has 3 aromatic rings. The summed E-state index contributed by atoms with van der Waals surface area (Å²) in [6.07, 6.45) is 1.32. The van der Waals surface area contributed by atoms with Crippen LogP contribution in [-0.2, 0) is 24.4 Å². The SMILES string of the molecule is COCCNC(=O)c1coc(CN(Cc2ccc(F)cc2)Cc2cccc(Cl)c2Cl)n1. The quantitative estimate of drug-likeness (QED) is 0.439. The molecule has 0 saturated heterocycles. The second-order valence-corrected chi connectivity index (χ2v) is 7.64. The Hall–Kier alpha value is -2.45. The Bertz CT molecular complexity index is 1010. The standard InChI is InChI=1S/C22H22Cl2FN3O3/c1-30-10-9-26-22(29)19-14-31-20(27-19)13-28(11-15-5-7-17(25)8-6-15)12-16-3-2-4-18(23)21(16)24/h2-8,14H,9-13H2,1H3,(H,26,29). The Morgan fingerprint density at radius 2 is 1.94 bits per heavy atom. The average Bonchev–Trinajstić information content (AvgIpc) is 3.22. The number of amides is 1. The average molecular weight is 466 g/mol. The van der Waals surface area contributed by atoms with Crippen LogP contribution in [0.5, 0.6) is 0 Å². The molecule has 3 rings (SSSR count). The van der Waals surface area contributed by atoms with Crippen molar-refractivity contribution in [1.82, 2.24) is 15.2 Å². The monoisotopic (exact) mass is 465 g/mol. The summed E-state index contributed by atoms with van der Waals surface area (Å²) in [5.74, 6) is -0.266. The number of benzene rings is 2. The summed E-state index contributed by atoms with van der Waals surface area (Å²) >= 11 is 12.5. The first-order valence-electron chi connectivity index (χ1n) is 9.57. The van der Waals surface area contributed by atoms with Gasteiger partial charge in [0.05, 0.1) is 23.2 Å². The summed E-state index contributed by atoms with van der Waals surface area (Å²) in [6.45, 7) is 2.03. The van der Waals surface area contributed by atoms with E-state index in [-0.39, 0.29) is 17.4 Å². The molecule has 1 aromatic heterocycles. The first-order chi connectivity index (χ1) is 15.0. The molecule has 0 bridgehead atoms. The maximum absolute atomic E-state index is 13.3. The zero-order valence-corrected chi connectivity index (χ0v) is 18.4. The van der Waals surface area contributed by atoms with Gasteiger partial charge in [0.25, 0.3) is 5.91 Å². The summed E-state index contributed by atoms with van der Waals surface area (Å²) in [7, 11) is 1.56. The van der Waals surface area contributed by atoms with Gasteiger partial charge in [-0.15, -0.1) is 0 Å². The Labute approximate surface area is 189 Å². The van der Waals surface area contributed by atoms with Crippen molar-refractivity contribution in [3.63, 3.8) is 0 Å². The highest BCUT2D eigenvalue weighted by molar-refractivity contribution is 6.42. The number of carbonyl (C=O) groups is 1. The molecule has 0 aliphatic carbocycles. The summed E-state index contributed by atoms with van der Waals surface area (Å²) in [6, 6.07) is 11.7. The zero-order valence-electron chi connectivity index (χ0n) is 16.9. The van der Waals surface area contributed by atoms with Gasteiger partial charge in [-0.1, -0.05) is 47.5 Å².